The minimum Gasteiger partial charge on any atom is -0.349 e. The van der Waals surface area contributed by atoms with Gasteiger partial charge in [-0.05, 0) is 29.7 Å². The predicted molar refractivity (Wildman–Crippen MR) is 115 cm³/mol. The minimum absolute atomic E-state index is 0.0396. The number of pyridine rings is 1. The molecule has 6 rings (SSSR count). The van der Waals surface area contributed by atoms with E-state index in [0.29, 0.717) is 5.52 Å². The second-order valence-electron chi connectivity index (χ2n) is 8.51. The summed E-state index contributed by atoms with van der Waals surface area (Å²) in [4.78, 5) is 35.6. The zero-order valence-corrected chi connectivity index (χ0v) is 17.0. The van der Waals surface area contributed by atoms with Crippen LogP contribution in [0.3, 0.4) is 0 Å². The summed E-state index contributed by atoms with van der Waals surface area (Å²) >= 11 is 0. The SMILES string of the molecule is CN1C(=O)C2(CC2c2cn(C)c(=O)c3[nH]c(-c4cn(C)cn4)cc23)c2ccccc21. The third-order valence-corrected chi connectivity index (χ3v) is 6.75. The van der Waals surface area contributed by atoms with Gasteiger partial charge in [-0.15, -0.1) is 0 Å². The van der Waals surface area contributed by atoms with Crippen molar-refractivity contribution in [2.24, 2.45) is 14.1 Å². The Hall–Kier alpha value is -3.61. The fourth-order valence-electron chi connectivity index (χ4n) is 5.17. The molecule has 1 saturated carbocycles. The van der Waals surface area contributed by atoms with Crippen LogP contribution in [-0.2, 0) is 24.3 Å². The van der Waals surface area contributed by atoms with Crippen molar-refractivity contribution in [3.63, 3.8) is 0 Å². The van der Waals surface area contributed by atoms with Crippen LogP contribution in [0.25, 0.3) is 22.3 Å². The number of likely N-dealkylation sites (N-methyl/N-ethyl adjacent to an activating group) is 1. The standard InChI is InChI=1S/C23H21N5O2/c1-26-11-18(24-12-26)17-8-13-14(10-27(2)21(29)20(13)25-17)16-9-23(16)15-6-4-5-7-19(15)28(3)22(23)30/h4-8,10-12,16,25H,9H2,1-3H3. The molecule has 1 N–H and O–H groups in total. The number of H-pyrrole nitrogens is 1. The van der Waals surface area contributed by atoms with Crippen LogP contribution >= 0.6 is 0 Å². The summed E-state index contributed by atoms with van der Waals surface area (Å²) in [5.41, 5.74) is 4.64. The Morgan fingerprint density at radius 3 is 2.70 bits per heavy atom. The van der Waals surface area contributed by atoms with Gasteiger partial charge >= 0.3 is 0 Å². The highest BCUT2D eigenvalue weighted by Gasteiger charge is 2.67. The van der Waals surface area contributed by atoms with E-state index < -0.39 is 5.41 Å². The molecule has 0 bridgehead atoms. The Balaban J connectivity index is 1.55. The van der Waals surface area contributed by atoms with Crippen molar-refractivity contribution >= 4 is 22.5 Å². The van der Waals surface area contributed by atoms with Crippen molar-refractivity contribution in [3.05, 3.63) is 70.5 Å². The molecule has 2 unspecified atom stereocenters. The number of benzene rings is 1. The van der Waals surface area contributed by atoms with E-state index in [9.17, 15) is 9.59 Å². The number of aryl methyl sites for hydroxylation is 2. The number of para-hydroxylation sites is 1. The van der Waals surface area contributed by atoms with Crippen LogP contribution in [0.1, 0.15) is 23.5 Å². The fraction of sp³-hybridized carbons (Fsp3) is 0.261. The highest BCUT2D eigenvalue weighted by atomic mass is 16.2. The Kier molecular flexibility index (Phi) is 3.17. The third-order valence-electron chi connectivity index (χ3n) is 6.75. The molecule has 30 heavy (non-hydrogen) atoms. The number of nitrogens with one attached hydrogen (secondary N) is 1. The van der Waals surface area contributed by atoms with Crippen LogP contribution in [0.2, 0.25) is 0 Å². The summed E-state index contributed by atoms with van der Waals surface area (Å²) < 4.78 is 3.48. The molecule has 1 aliphatic heterocycles. The minimum atomic E-state index is -0.530. The van der Waals surface area contributed by atoms with Crippen LogP contribution in [0.4, 0.5) is 5.69 Å². The van der Waals surface area contributed by atoms with Gasteiger partial charge in [0.15, 0.2) is 0 Å². The lowest BCUT2D eigenvalue weighted by atomic mass is 9.91. The number of hydrogen-bond donors (Lipinski definition) is 1. The molecule has 0 radical (unpaired) electrons. The van der Waals surface area contributed by atoms with E-state index in [1.165, 1.54) is 0 Å². The molecule has 1 fully saturated rings. The van der Waals surface area contributed by atoms with E-state index in [4.69, 9.17) is 0 Å². The normalized spacial score (nSPS) is 22.3. The number of rotatable bonds is 2. The van der Waals surface area contributed by atoms with Crippen molar-refractivity contribution < 1.29 is 4.79 Å². The number of anilines is 1. The number of aromatic amines is 1. The number of carbonyl (C=O) groups excluding carboxylic acids is 1. The molecular weight excluding hydrogens is 378 g/mol. The lowest BCUT2D eigenvalue weighted by Gasteiger charge is -2.12. The topological polar surface area (TPSA) is 75.9 Å². The Morgan fingerprint density at radius 2 is 1.93 bits per heavy atom. The number of aromatic nitrogens is 4. The summed E-state index contributed by atoms with van der Waals surface area (Å²) in [5, 5.41) is 0.875. The summed E-state index contributed by atoms with van der Waals surface area (Å²) in [6.45, 7) is 0. The van der Waals surface area contributed by atoms with Gasteiger partial charge in [-0.3, -0.25) is 9.59 Å². The fourth-order valence-corrected chi connectivity index (χ4v) is 5.17. The molecule has 4 heterocycles. The highest BCUT2D eigenvalue weighted by Crippen LogP contribution is 2.66. The predicted octanol–water partition coefficient (Wildman–Crippen LogP) is 2.67. The van der Waals surface area contributed by atoms with Crippen molar-refractivity contribution in [1.29, 1.82) is 0 Å². The van der Waals surface area contributed by atoms with E-state index in [1.54, 1.807) is 22.8 Å². The largest absolute Gasteiger partial charge is 0.349 e. The number of nitrogens with zero attached hydrogens (tertiary/aromatic N) is 4. The van der Waals surface area contributed by atoms with Gasteiger partial charge in [-0.25, -0.2) is 4.98 Å². The molecular formula is C23H21N5O2. The van der Waals surface area contributed by atoms with Gasteiger partial charge in [0.25, 0.3) is 5.56 Å². The molecule has 3 aromatic heterocycles. The molecule has 1 aliphatic carbocycles. The Bertz CT molecular complexity index is 1430. The average molecular weight is 399 g/mol. The second kappa shape index (κ2) is 5.50. The molecule has 0 saturated heterocycles. The van der Waals surface area contributed by atoms with Crippen molar-refractivity contribution in [2.75, 3.05) is 11.9 Å². The van der Waals surface area contributed by atoms with Crippen LogP contribution < -0.4 is 10.5 Å². The van der Waals surface area contributed by atoms with E-state index in [1.807, 2.05) is 55.3 Å². The third kappa shape index (κ3) is 2.01. The summed E-state index contributed by atoms with van der Waals surface area (Å²) in [6.07, 6.45) is 6.30. The number of amides is 1. The number of imidazole rings is 1. The molecule has 1 spiro atoms. The van der Waals surface area contributed by atoms with Gasteiger partial charge in [0.05, 0.1) is 17.4 Å². The first-order chi connectivity index (χ1) is 14.4. The van der Waals surface area contributed by atoms with E-state index in [2.05, 4.69) is 16.0 Å². The van der Waals surface area contributed by atoms with E-state index >= 15 is 0 Å². The summed E-state index contributed by atoms with van der Waals surface area (Å²) in [5.74, 6) is 0.175. The molecule has 150 valence electrons. The Morgan fingerprint density at radius 1 is 1.13 bits per heavy atom. The highest BCUT2D eigenvalue weighted by molar-refractivity contribution is 6.11. The van der Waals surface area contributed by atoms with E-state index in [0.717, 1.165) is 40.0 Å². The van der Waals surface area contributed by atoms with Crippen LogP contribution in [-0.4, -0.2) is 32.1 Å². The van der Waals surface area contributed by atoms with Crippen LogP contribution in [0.15, 0.2) is 53.8 Å². The lowest BCUT2D eigenvalue weighted by molar-refractivity contribution is -0.120. The monoisotopic (exact) mass is 399 g/mol. The van der Waals surface area contributed by atoms with Crippen molar-refractivity contribution in [3.8, 4) is 11.4 Å². The zero-order chi connectivity index (χ0) is 20.8. The molecule has 2 atom stereocenters. The average Bonchev–Trinajstić information content (AvgIpc) is 3.00. The number of hydrogen-bond acceptors (Lipinski definition) is 3. The van der Waals surface area contributed by atoms with Crippen molar-refractivity contribution in [1.82, 2.24) is 19.1 Å². The smallest absolute Gasteiger partial charge is 0.274 e. The summed E-state index contributed by atoms with van der Waals surface area (Å²) in [7, 11) is 5.52. The van der Waals surface area contributed by atoms with Crippen molar-refractivity contribution in [2.45, 2.75) is 17.8 Å². The van der Waals surface area contributed by atoms with Gasteiger partial charge in [0.1, 0.15) is 11.2 Å². The van der Waals surface area contributed by atoms with E-state index in [-0.39, 0.29) is 17.4 Å². The second-order valence-corrected chi connectivity index (χ2v) is 8.51. The molecule has 7 heteroatoms. The van der Waals surface area contributed by atoms with Crippen LogP contribution in [0, 0.1) is 0 Å². The van der Waals surface area contributed by atoms with Gasteiger partial charge in [0, 0.05) is 50.5 Å². The maximum atomic E-state index is 13.3. The van der Waals surface area contributed by atoms with Crippen LogP contribution in [0.5, 0.6) is 0 Å². The first-order valence-corrected chi connectivity index (χ1v) is 10.00. The van der Waals surface area contributed by atoms with Gasteiger partial charge in [-0.2, -0.15) is 0 Å². The first kappa shape index (κ1) is 17.3. The lowest BCUT2D eigenvalue weighted by Crippen LogP contribution is -2.29. The molecule has 7 nitrogen and oxygen atoms in total. The molecule has 1 amide bonds. The van der Waals surface area contributed by atoms with Gasteiger partial charge < -0.3 is 19.0 Å². The number of carbonyl (C=O) groups is 1. The quantitative estimate of drug-likeness (QED) is 0.563. The maximum absolute atomic E-state index is 13.3. The molecule has 1 aromatic carbocycles. The Labute approximate surface area is 172 Å². The summed E-state index contributed by atoms with van der Waals surface area (Å²) in [6, 6.07) is 10.0. The molecule has 4 aromatic rings. The van der Waals surface area contributed by atoms with Gasteiger partial charge in [-0.1, -0.05) is 18.2 Å². The number of fused-ring (bicyclic) bond motifs is 3. The molecule has 2 aliphatic rings. The van der Waals surface area contributed by atoms with Gasteiger partial charge in [0.2, 0.25) is 5.91 Å². The zero-order valence-electron chi connectivity index (χ0n) is 17.0. The maximum Gasteiger partial charge on any atom is 0.274 e. The first-order valence-electron chi connectivity index (χ1n) is 10.00.